The first kappa shape index (κ1) is 8.36. The van der Waals surface area contributed by atoms with Gasteiger partial charge < -0.3 is 10.2 Å². The van der Waals surface area contributed by atoms with Crippen LogP contribution in [0.5, 0.6) is 0 Å². The zero-order valence-electron chi connectivity index (χ0n) is 8.51. The molecule has 2 aromatic carbocycles. The normalized spacial score (nSPS) is 12.7. The second-order valence-corrected chi connectivity index (χ2v) is 3.65. The first-order valence-corrected chi connectivity index (χ1v) is 5.00. The number of anilines is 2. The summed E-state index contributed by atoms with van der Waals surface area (Å²) in [5, 5.41) is 4.62. The summed E-state index contributed by atoms with van der Waals surface area (Å²) in [5.41, 5.74) is 4.41. The molecule has 15 heavy (non-hydrogen) atoms. The maximum atomic E-state index is 4.62. The summed E-state index contributed by atoms with van der Waals surface area (Å²) < 4.78 is 0. The second-order valence-electron chi connectivity index (χ2n) is 3.65. The third kappa shape index (κ3) is 1.18. The van der Waals surface area contributed by atoms with Crippen molar-refractivity contribution < 1.29 is 0 Å². The van der Waals surface area contributed by atoms with Crippen LogP contribution in [0.1, 0.15) is 0 Å². The Kier molecular flexibility index (Phi) is 1.68. The molecule has 0 N–H and O–H groups in total. The van der Waals surface area contributed by atoms with Gasteiger partial charge >= 0.3 is 0 Å². The van der Waals surface area contributed by atoms with E-state index in [1.165, 1.54) is 0 Å². The van der Waals surface area contributed by atoms with Gasteiger partial charge in [0.1, 0.15) is 0 Å². The van der Waals surface area contributed by atoms with Crippen LogP contribution in [-0.4, -0.2) is 7.05 Å². The van der Waals surface area contributed by atoms with E-state index in [1.807, 2.05) is 36.4 Å². The predicted octanol–water partition coefficient (Wildman–Crippen LogP) is 4.10. The number of hydrogen-bond donors (Lipinski definition) is 0. The minimum Gasteiger partial charge on any atom is -0.654 e. The molecule has 0 fully saturated rings. The summed E-state index contributed by atoms with van der Waals surface area (Å²) in [7, 11) is 2.08. The van der Waals surface area contributed by atoms with Gasteiger partial charge in [-0.2, -0.15) is 0 Å². The van der Waals surface area contributed by atoms with Crippen molar-refractivity contribution in [1.29, 1.82) is 0 Å². The van der Waals surface area contributed by atoms with E-state index in [-0.39, 0.29) is 0 Å². The molecule has 0 amide bonds. The fraction of sp³-hybridized carbons (Fsp3) is 0.0769. The Morgan fingerprint density at radius 2 is 1.27 bits per heavy atom. The maximum absolute atomic E-state index is 4.62. The molecule has 2 nitrogen and oxygen atoms in total. The van der Waals surface area contributed by atoms with E-state index >= 15 is 0 Å². The van der Waals surface area contributed by atoms with Crippen molar-refractivity contribution in [2.45, 2.75) is 0 Å². The third-order valence-electron chi connectivity index (χ3n) is 2.73. The summed E-state index contributed by atoms with van der Waals surface area (Å²) in [4.78, 5) is 2.18. The van der Waals surface area contributed by atoms with Crippen LogP contribution in [0.2, 0.25) is 0 Å². The molecule has 0 atom stereocenters. The molecule has 0 radical (unpaired) electrons. The molecule has 3 rings (SSSR count). The van der Waals surface area contributed by atoms with E-state index in [9.17, 15) is 0 Å². The van der Waals surface area contributed by atoms with Crippen LogP contribution in [0.15, 0.2) is 48.5 Å². The molecule has 1 heterocycles. The number of fused-ring (bicyclic) bond motifs is 2. The summed E-state index contributed by atoms with van der Waals surface area (Å²) in [6.07, 6.45) is 0. The lowest BCUT2D eigenvalue weighted by Crippen LogP contribution is -2.12. The van der Waals surface area contributed by atoms with Crippen LogP contribution in [0, 0.1) is 0 Å². The van der Waals surface area contributed by atoms with Crippen molar-refractivity contribution >= 4 is 22.7 Å². The van der Waals surface area contributed by atoms with Crippen molar-refractivity contribution in [3.05, 3.63) is 53.8 Å². The van der Waals surface area contributed by atoms with Crippen LogP contribution in [-0.2, 0) is 0 Å². The van der Waals surface area contributed by atoms with E-state index in [0.717, 1.165) is 22.7 Å². The van der Waals surface area contributed by atoms with Gasteiger partial charge in [-0.15, -0.1) is 11.4 Å². The molecule has 1 aliphatic heterocycles. The largest absolute Gasteiger partial charge is 0.654 e. The molecular weight excluding hydrogens is 184 g/mol. The quantitative estimate of drug-likeness (QED) is 0.618. The SMILES string of the molecule is CN1c2ccccc2[N-]c2ccccc21. The van der Waals surface area contributed by atoms with Gasteiger partial charge in [-0.05, 0) is 12.1 Å². The molecule has 0 bridgehead atoms. The topological polar surface area (TPSA) is 17.3 Å². The summed E-state index contributed by atoms with van der Waals surface area (Å²) in [6.45, 7) is 0. The highest BCUT2D eigenvalue weighted by molar-refractivity contribution is 5.94. The molecule has 74 valence electrons. The van der Waals surface area contributed by atoms with Crippen molar-refractivity contribution in [2.75, 3.05) is 11.9 Å². The van der Waals surface area contributed by atoms with Gasteiger partial charge in [-0.3, -0.25) is 0 Å². The van der Waals surface area contributed by atoms with Crippen molar-refractivity contribution in [2.24, 2.45) is 0 Å². The number of benzene rings is 2. The predicted molar refractivity (Wildman–Crippen MR) is 63.6 cm³/mol. The molecule has 0 aliphatic carbocycles. The molecular formula is C13H11N2-. The van der Waals surface area contributed by atoms with Crippen molar-refractivity contribution in [1.82, 2.24) is 0 Å². The van der Waals surface area contributed by atoms with Gasteiger partial charge in [0.15, 0.2) is 0 Å². The maximum Gasteiger partial charge on any atom is 0.0259 e. The zero-order chi connectivity index (χ0) is 10.3. The lowest BCUT2D eigenvalue weighted by Gasteiger charge is -2.40. The Balaban J connectivity index is 2.20. The Hall–Kier alpha value is -1.96. The number of hydrogen-bond acceptors (Lipinski definition) is 1. The summed E-state index contributed by atoms with van der Waals surface area (Å²) >= 11 is 0. The van der Waals surface area contributed by atoms with Gasteiger partial charge in [0, 0.05) is 18.4 Å². The van der Waals surface area contributed by atoms with E-state index < -0.39 is 0 Å². The number of para-hydroxylation sites is 4. The van der Waals surface area contributed by atoms with Crippen molar-refractivity contribution in [3.8, 4) is 0 Å². The standard InChI is InChI=1S/C13H11N2/c1-15-12-8-4-2-6-10(12)14-11-7-3-5-9-13(11)15/h2-9H,1H3/q-1. The van der Waals surface area contributed by atoms with Gasteiger partial charge in [0.05, 0.1) is 0 Å². The second kappa shape index (κ2) is 3.02. The Labute approximate surface area is 89.2 Å². The molecule has 0 saturated heterocycles. The van der Waals surface area contributed by atoms with Gasteiger partial charge in [-0.25, -0.2) is 0 Å². The first-order valence-electron chi connectivity index (χ1n) is 5.00. The third-order valence-corrected chi connectivity index (χ3v) is 2.73. The van der Waals surface area contributed by atoms with Crippen LogP contribution >= 0.6 is 0 Å². The van der Waals surface area contributed by atoms with Crippen molar-refractivity contribution in [3.63, 3.8) is 0 Å². The molecule has 1 aliphatic rings. The smallest absolute Gasteiger partial charge is 0.0259 e. The first-order chi connectivity index (χ1) is 7.36. The fourth-order valence-electron chi connectivity index (χ4n) is 1.94. The fourth-order valence-corrected chi connectivity index (χ4v) is 1.94. The van der Waals surface area contributed by atoms with E-state index in [2.05, 4.69) is 29.4 Å². The average Bonchev–Trinajstić information content (AvgIpc) is 2.30. The summed E-state index contributed by atoms with van der Waals surface area (Å²) in [6, 6.07) is 16.4. The Bertz CT molecular complexity index is 460. The van der Waals surface area contributed by atoms with Crippen LogP contribution in [0.3, 0.4) is 0 Å². The van der Waals surface area contributed by atoms with E-state index in [4.69, 9.17) is 0 Å². The van der Waals surface area contributed by atoms with Crippen LogP contribution < -0.4 is 4.90 Å². The Morgan fingerprint density at radius 1 is 0.800 bits per heavy atom. The molecule has 0 unspecified atom stereocenters. The van der Waals surface area contributed by atoms with Gasteiger partial charge in [0.25, 0.3) is 0 Å². The van der Waals surface area contributed by atoms with Gasteiger partial charge in [0.2, 0.25) is 0 Å². The number of nitrogens with zero attached hydrogens (tertiary/aromatic N) is 2. The minimum atomic E-state index is 1.04. The van der Waals surface area contributed by atoms with Crippen LogP contribution in [0.25, 0.3) is 5.32 Å². The Morgan fingerprint density at radius 3 is 1.80 bits per heavy atom. The highest BCUT2D eigenvalue weighted by atomic mass is 15.2. The number of rotatable bonds is 0. The lowest BCUT2D eigenvalue weighted by molar-refractivity contribution is 1.20. The average molecular weight is 195 g/mol. The van der Waals surface area contributed by atoms with Gasteiger partial charge in [-0.1, -0.05) is 36.4 Å². The minimum absolute atomic E-state index is 1.04. The molecule has 0 aromatic heterocycles. The van der Waals surface area contributed by atoms with E-state index in [1.54, 1.807) is 0 Å². The highest BCUT2D eigenvalue weighted by Crippen LogP contribution is 2.49. The molecule has 0 saturated carbocycles. The monoisotopic (exact) mass is 195 g/mol. The van der Waals surface area contributed by atoms with E-state index in [0.29, 0.717) is 0 Å². The van der Waals surface area contributed by atoms with Crippen LogP contribution in [0.4, 0.5) is 22.7 Å². The lowest BCUT2D eigenvalue weighted by atomic mass is 10.1. The molecule has 2 aromatic rings. The summed E-state index contributed by atoms with van der Waals surface area (Å²) in [5.74, 6) is 0. The molecule has 0 spiro atoms. The highest BCUT2D eigenvalue weighted by Gasteiger charge is 2.09. The molecule has 2 heteroatoms. The zero-order valence-corrected chi connectivity index (χ0v) is 8.51.